The Morgan fingerprint density at radius 1 is 1.10 bits per heavy atom. The first-order chi connectivity index (χ1) is 9.62. The SMILES string of the molecule is CCNCc1c(C)nn(C)c1-n1nc(CC)nc1CC. The van der Waals surface area contributed by atoms with Crippen LogP contribution in [0.3, 0.4) is 0 Å². The molecule has 6 heteroatoms. The maximum absolute atomic E-state index is 4.63. The van der Waals surface area contributed by atoms with Gasteiger partial charge in [0.25, 0.3) is 0 Å². The minimum Gasteiger partial charge on any atom is -0.313 e. The van der Waals surface area contributed by atoms with Gasteiger partial charge >= 0.3 is 0 Å². The number of hydrogen-bond acceptors (Lipinski definition) is 4. The van der Waals surface area contributed by atoms with E-state index in [-0.39, 0.29) is 0 Å². The molecule has 2 aromatic rings. The molecule has 0 aliphatic carbocycles. The van der Waals surface area contributed by atoms with E-state index in [0.717, 1.165) is 49.1 Å². The molecule has 0 aliphatic rings. The Morgan fingerprint density at radius 2 is 1.85 bits per heavy atom. The third-order valence-corrected chi connectivity index (χ3v) is 3.42. The fraction of sp³-hybridized carbons (Fsp3) is 0.643. The van der Waals surface area contributed by atoms with Crippen LogP contribution in [0.5, 0.6) is 0 Å². The predicted octanol–water partition coefficient (Wildman–Crippen LogP) is 1.54. The van der Waals surface area contributed by atoms with Crippen molar-refractivity contribution in [1.29, 1.82) is 0 Å². The van der Waals surface area contributed by atoms with E-state index < -0.39 is 0 Å². The molecular weight excluding hydrogens is 252 g/mol. The van der Waals surface area contributed by atoms with Gasteiger partial charge in [-0.1, -0.05) is 20.8 Å². The van der Waals surface area contributed by atoms with E-state index in [1.54, 1.807) is 0 Å². The molecule has 1 N–H and O–H groups in total. The molecule has 0 amide bonds. The van der Waals surface area contributed by atoms with Gasteiger partial charge in [-0.05, 0) is 13.5 Å². The average molecular weight is 276 g/mol. The zero-order valence-corrected chi connectivity index (χ0v) is 13.1. The van der Waals surface area contributed by atoms with Gasteiger partial charge in [0.05, 0.1) is 5.69 Å². The highest BCUT2D eigenvalue weighted by molar-refractivity contribution is 5.38. The summed E-state index contributed by atoms with van der Waals surface area (Å²) in [5.41, 5.74) is 2.23. The highest BCUT2D eigenvalue weighted by atomic mass is 15.4. The Hall–Kier alpha value is -1.69. The molecule has 0 saturated carbocycles. The van der Waals surface area contributed by atoms with Gasteiger partial charge in [0, 0.05) is 32.0 Å². The molecule has 0 aromatic carbocycles. The molecule has 20 heavy (non-hydrogen) atoms. The van der Waals surface area contributed by atoms with Crippen molar-refractivity contribution in [3.8, 4) is 5.82 Å². The second-order valence-corrected chi connectivity index (χ2v) is 4.85. The molecule has 6 nitrogen and oxygen atoms in total. The Balaban J connectivity index is 2.53. The summed E-state index contributed by atoms with van der Waals surface area (Å²) in [7, 11) is 1.96. The molecule has 0 aliphatic heterocycles. The average Bonchev–Trinajstić information content (AvgIpc) is 2.96. The van der Waals surface area contributed by atoms with Crippen molar-refractivity contribution >= 4 is 0 Å². The van der Waals surface area contributed by atoms with E-state index in [4.69, 9.17) is 0 Å². The van der Waals surface area contributed by atoms with Gasteiger partial charge in [-0.15, -0.1) is 5.10 Å². The lowest BCUT2D eigenvalue weighted by Crippen LogP contribution is -2.16. The van der Waals surface area contributed by atoms with Crippen LogP contribution in [0.15, 0.2) is 0 Å². The van der Waals surface area contributed by atoms with Crippen LogP contribution in [0.2, 0.25) is 0 Å². The van der Waals surface area contributed by atoms with Crippen molar-refractivity contribution in [1.82, 2.24) is 29.9 Å². The molecule has 0 unspecified atom stereocenters. The summed E-state index contributed by atoms with van der Waals surface area (Å²) < 4.78 is 3.85. The van der Waals surface area contributed by atoms with Crippen LogP contribution in [-0.2, 0) is 26.4 Å². The van der Waals surface area contributed by atoms with E-state index in [2.05, 4.69) is 41.3 Å². The fourth-order valence-corrected chi connectivity index (χ4v) is 2.35. The summed E-state index contributed by atoms with van der Waals surface area (Å²) in [6, 6.07) is 0. The van der Waals surface area contributed by atoms with Gasteiger partial charge in [0.1, 0.15) is 5.82 Å². The summed E-state index contributed by atoms with van der Waals surface area (Å²) in [5, 5.41) is 12.5. The summed E-state index contributed by atoms with van der Waals surface area (Å²) in [6.45, 7) is 10.1. The molecule has 0 atom stereocenters. The van der Waals surface area contributed by atoms with Crippen LogP contribution < -0.4 is 5.32 Å². The third kappa shape index (κ3) is 2.60. The third-order valence-electron chi connectivity index (χ3n) is 3.42. The molecule has 0 bridgehead atoms. The van der Waals surface area contributed by atoms with Crippen molar-refractivity contribution in [2.45, 2.75) is 47.1 Å². The molecule has 0 radical (unpaired) electrons. The summed E-state index contributed by atoms with van der Waals surface area (Å²) in [5.74, 6) is 2.89. The van der Waals surface area contributed by atoms with Gasteiger partial charge in [-0.2, -0.15) is 9.78 Å². The maximum Gasteiger partial charge on any atom is 0.158 e. The molecule has 0 saturated heterocycles. The Bertz CT molecular complexity index is 581. The minimum atomic E-state index is 0.802. The topological polar surface area (TPSA) is 60.6 Å². The van der Waals surface area contributed by atoms with Gasteiger partial charge in [-0.25, -0.2) is 4.98 Å². The number of rotatable bonds is 6. The van der Waals surface area contributed by atoms with Crippen LogP contribution in [-0.4, -0.2) is 31.1 Å². The van der Waals surface area contributed by atoms with Gasteiger partial charge in [0.15, 0.2) is 11.6 Å². The molecule has 0 spiro atoms. The lowest BCUT2D eigenvalue weighted by Gasteiger charge is -2.09. The van der Waals surface area contributed by atoms with Crippen LogP contribution in [0, 0.1) is 6.92 Å². The summed E-state index contributed by atoms with van der Waals surface area (Å²) in [6.07, 6.45) is 1.71. The Labute approximate surface area is 120 Å². The van der Waals surface area contributed by atoms with Gasteiger partial charge in [-0.3, -0.25) is 4.68 Å². The lowest BCUT2D eigenvalue weighted by molar-refractivity contribution is 0.659. The largest absolute Gasteiger partial charge is 0.313 e. The van der Waals surface area contributed by atoms with Crippen molar-refractivity contribution in [3.63, 3.8) is 0 Å². The lowest BCUT2D eigenvalue weighted by atomic mass is 10.2. The zero-order valence-electron chi connectivity index (χ0n) is 13.1. The van der Waals surface area contributed by atoms with E-state index in [1.165, 1.54) is 5.56 Å². The first-order valence-corrected chi connectivity index (χ1v) is 7.30. The smallest absolute Gasteiger partial charge is 0.158 e. The van der Waals surface area contributed by atoms with Crippen LogP contribution in [0.4, 0.5) is 0 Å². The van der Waals surface area contributed by atoms with Crippen molar-refractivity contribution in [3.05, 3.63) is 22.9 Å². The first-order valence-electron chi connectivity index (χ1n) is 7.30. The molecule has 2 rings (SSSR count). The van der Waals surface area contributed by atoms with E-state index in [0.29, 0.717) is 0 Å². The molecular formula is C14H24N6. The van der Waals surface area contributed by atoms with Crippen molar-refractivity contribution < 1.29 is 0 Å². The van der Waals surface area contributed by atoms with Crippen LogP contribution in [0.25, 0.3) is 5.82 Å². The highest BCUT2D eigenvalue weighted by Crippen LogP contribution is 2.19. The monoisotopic (exact) mass is 276 g/mol. The van der Waals surface area contributed by atoms with Crippen LogP contribution >= 0.6 is 0 Å². The van der Waals surface area contributed by atoms with E-state index in [1.807, 2.05) is 23.3 Å². The Kier molecular flexibility index (Phi) is 4.54. The number of nitrogens with zero attached hydrogens (tertiary/aromatic N) is 5. The summed E-state index contributed by atoms with van der Waals surface area (Å²) in [4.78, 5) is 4.59. The van der Waals surface area contributed by atoms with Crippen molar-refractivity contribution in [2.75, 3.05) is 6.54 Å². The first kappa shape index (κ1) is 14.7. The highest BCUT2D eigenvalue weighted by Gasteiger charge is 2.19. The van der Waals surface area contributed by atoms with Crippen molar-refractivity contribution in [2.24, 2.45) is 7.05 Å². The number of aryl methyl sites for hydroxylation is 4. The van der Waals surface area contributed by atoms with Gasteiger partial charge < -0.3 is 5.32 Å². The second-order valence-electron chi connectivity index (χ2n) is 4.85. The molecule has 2 aromatic heterocycles. The Morgan fingerprint density at radius 3 is 2.45 bits per heavy atom. The minimum absolute atomic E-state index is 0.802. The van der Waals surface area contributed by atoms with Crippen LogP contribution in [0.1, 0.15) is 43.7 Å². The summed E-state index contributed by atoms with van der Waals surface area (Å²) >= 11 is 0. The molecule has 110 valence electrons. The fourth-order valence-electron chi connectivity index (χ4n) is 2.35. The van der Waals surface area contributed by atoms with E-state index in [9.17, 15) is 0 Å². The maximum atomic E-state index is 4.63. The normalized spacial score (nSPS) is 11.2. The zero-order chi connectivity index (χ0) is 14.7. The number of nitrogens with one attached hydrogen (secondary N) is 1. The standard InChI is InChI=1S/C14H24N6/c1-6-12-16-13(7-2)20(18-12)14-11(9-15-8-3)10(4)17-19(14)5/h15H,6-9H2,1-5H3. The van der Waals surface area contributed by atoms with E-state index >= 15 is 0 Å². The molecule has 2 heterocycles. The number of aromatic nitrogens is 5. The predicted molar refractivity (Wildman–Crippen MR) is 79.0 cm³/mol. The number of hydrogen-bond donors (Lipinski definition) is 1. The quantitative estimate of drug-likeness (QED) is 0.869. The molecule has 0 fully saturated rings. The second kappa shape index (κ2) is 6.17. The van der Waals surface area contributed by atoms with Gasteiger partial charge in [0.2, 0.25) is 0 Å².